The van der Waals surface area contributed by atoms with Crippen molar-refractivity contribution in [1.82, 2.24) is 5.32 Å². The molecule has 2 nitrogen and oxygen atoms in total. The van der Waals surface area contributed by atoms with Crippen molar-refractivity contribution in [2.24, 2.45) is 0 Å². The summed E-state index contributed by atoms with van der Waals surface area (Å²) in [7, 11) is 0.0379. The van der Waals surface area contributed by atoms with Crippen LogP contribution in [0.4, 0.5) is 0 Å². The maximum Gasteiger partial charge on any atom is 0.140 e. The average molecular weight is 283 g/mol. The van der Waals surface area contributed by atoms with Crippen LogP contribution in [-0.2, 0) is 0 Å². The molecule has 102 valence electrons. The molecule has 1 saturated heterocycles. The van der Waals surface area contributed by atoms with E-state index >= 15 is 0 Å². The molecule has 1 aromatic rings. The van der Waals surface area contributed by atoms with Crippen molar-refractivity contribution in [3.8, 4) is 5.75 Å². The van der Waals surface area contributed by atoms with Gasteiger partial charge in [0.2, 0.25) is 0 Å². The van der Waals surface area contributed by atoms with Crippen molar-refractivity contribution in [3.05, 3.63) is 58.1 Å². The number of rotatable bonds is 0. The zero-order valence-corrected chi connectivity index (χ0v) is 12.1. The number of hydrogen-bond acceptors (Lipinski definition) is 1. The van der Waals surface area contributed by atoms with Crippen LogP contribution in [0, 0.1) is 0 Å². The van der Waals surface area contributed by atoms with Crippen molar-refractivity contribution in [3.63, 3.8) is 0 Å². The molecule has 20 heavy (non-hydrogen) atoms. The van der Waals surface area contributed by atoms with Crippen LogP contribution >= 0.6 is 10.5 Å². The Morgan fingerprint density at radius 3 is 3.00 bits per heavy atom. The fraction of sp³-hybridized carbons (Fsp3) is 0.235. The molecule has 0 amide bonds. The lowest BCUT2D eigenvalue weighted by atomic mass is 10.1. The maximum absolute atomic E-state index is 6.06. The number of nitrogens with one attached hydrogen (secondary N) is 1. The van der Waals surface area contributed by atoms with Gasteiger partial charge in [0, 0.05) is 17.1 Å². The van der Waals surface area contributed by atoms with Gasteiger partial charge in [-0.2, -0.15) is 0 Å². The van der Waals surface area contributed by atoms with Gasteiger partial charge in [0.1, 0.15) is 11.5 Å². The molecule has 1 unspecified atom stereocenters. The van der Waals surface area contributed by atoms with Crippen molar-refractivity contribution in [2.75, 3.05) is 6.54 Å². The third-order valence-electron chi connectivity index (χ3n) is 3.79. The highest BCUT2D eigenvalue weighted by Crippen LogP contribution is 2.44. The van der Waals surface area contributed by atoms with Gasteiger partial charge in [0.25, 0.3) is 0 Å². The third-order valence-corrected chi connectivity index (χ3v) is 5.89. The smallest absolute Gasteiger partial charge is 0.140 e. The predicted molar refractivity (Wildman–Crippen MR) is 86.7 cm³/mol. The summed E-state index contributed by atoms with van der Waals surface area (Å²) in [5, 5.41) is 5.91. The Morgan fingerprint density at radius 1 is 1.15 bits per heavy atom. The molecule has 0 radical (unpaired) electrons. The van der Waals surface area contributed by atoms with Crippen LogP contribution in [0.2, 0.25) is 0 Å². The monoisotopic (exact) mass is 283 g/mol. The highest BCUT2D eigenvalue weighted by molar-refractivity contribution is 8.22. The van der Waals surface area contributed by atoms with Gasteiger partial charge in [-0.15, -0.1) is 10.5 Å². The van der Waals surface area contributed by atoms with E-state index < -0.39 is 0 Å². The Morgan fingerprint density at radius 2 is 2.10 bits per heavy atom. The Bertz CT molecular complexity index is 674. The van der Waals surface area contributed by atoms with Crippen LogP contribution in [-0.4, -0.2) is 11.5 Å². The molecule has 3 aliphatic heterocycles. The molecule has 0 spiro atoms. The van der Waals surface area contributed by atoms with E-state index in [1.54, 1.807) is 0 Å². The van der Waals surface area contributed by atoms with Crippen molar-refractivity contribution in [2.45, 2.75) is 19.3 Å². The lowest BCUT2D eigenvalue weighted by molar-refractivity contribution is 0.437. The Hall–Kier alpha value is -1.58. The number of ether oxygens (including phenoxy) is 1. The summed E-state index contributed by atoms with van der Waals surface area (Å²) in [6.45, 7) is 1.11. The second-order valence-electron chi connectivity index (χ2n) is 5.15. The molecule has 3 heteroatoms. The first-order valence-electron chi connectivity index (χ1n) is 7.12. The second-order valence-corrected chi connectivity index (χ2v) is 7.03. The largest absolute Gasteiger partial charge is 0.456 e. The van der Waals surface area contributed by atoms with Crippen molar-refractivity contribution < 1.29 is 4.74 Å². The quantitative estimate of drug-likeness (QED) is 0.727. The lowest BCUT2D eigenvalue weighted by Gasteiger charge is -2.27. The summed E-state index contributed by atoms with van der Waals surface area (Å²) in [5.74, 6) is 1.97. The Labute approximate surface area is 121 Å². The summed E-state index contributed by atoms with van der Waals surface area (Å²) < 4.78 is 6.06. The van der Waals surface area contributed by atoms with E-state index in [0.717, 1.165) is 18.1 Å². The van der Waals surface area contributed by atoms with Gasteiger partial charge >= 0.3 is 0 Å². The molecular weight excluding hydrogens is 266 g/mol. The van der Waals surface area contributed by atoms with E-state index in [-0.39, 0.29) is 10.5 Å². The average Bonchev–Trinajstić information content (AvgIpc) is 2.53. The van der Waals surface area contributed by atoms with Gasteiger partial charge in [-0.25, -0.2) is 0 Å². The van der Waals surface area contributed by atoms with Gasteiger partial charge < -0.3 is 4.74 Å². The van der Waals surface area contributed by atoms with Crippen molar-refractivity contribution >= 4 is 21.5 Å². The minimum atomic E-state index is 0.0379. The van der Waals surface area contributed by atoms with Gasteiger partial charge in [-0.3, -0.25) is 5.32 Å². The van der Waals surface area contributed by atoms with Crippen LogP contribution in [0.5, 0.6) is 5.75 Å². The van der Waals surface area contributed by atoms with E-state index in [1.807, 2.05) is 12.1 Å². The zero-order valence-electron chi connectivity index (χ0n) is 11.3. The van der Waals surface area contributed by atoms with Crippen LogP contribution < -0.4 is 10.1 Å². The van der Waals surface area contributed by atoms with Gasteiger partial charge in [-0.1, -0.05) is 24.3 Å². The Kier molecular flexibility index (Phi) is 3.09. The first-order chi connectivity index (χ1) is 9.92. The predicted octanol–water partition coefficient (Wildman–Crippen LogP) is 4.00. The normalized spacial score (nSPS) is 26.0. The minimum Gasteiger partial charge on any atom is -0.456 e. The lowest BCUT2D eigenvalue weighted by Crippen LogP contribution is -2.29. The topological polar surface area (TPSA) is 21.3 Å². The Balaban J connectivity index is 1.83. The molecule has 0 aliphatic carbocycles. The second kappa shape index (κ2) is 5.08. The van der Waals surface area contributed by atoms with E-state index in [1.165, 1.54) is 34.7 Å². The molecule has 3 heterocycles. The highest BCUT2D eigenvalue weighted by Gasteiger charge is 2.22. The minimum absolute atomic E-state index is 0.0379. The van der Waals surface area contributed by atoms with E-state index in [0.29, 0.717) is 0 Å². The van der Waals surface area contributed by atoms with Crippen LogP contribution in [0.15, 0.2) is 52.5 Å². The van der Waals surface area contributed by atoms with Crippen LogP contribution in [0.1, 0.15) is 24.8 Å². The zero-order chi connectivity index (χ0) is 13.4. The summed E-state index contributed by atoms with van der Waals surface area (Å²) in [4.78, 5) is 2.78. The van der Waals surface area contributed by atoms with Gasteiger partial charge in [0.15, 0.2) is 0 Å². The number of fused-ring (bicyclic) bond motifs is 2. The summed E-state index contributed by atoms with van der Waals surface area (Å²) in [6, 6.07) is 8.24. The molecule has 4 rings (SSSR count). The molecule has 3 aliphatic rings. The number of benzene rings is 1. The summed E-state index contributed by atoms with van der Waals surface area (Å²) in [5.41, 5.74) is 1.18. The number of piperidine rings is 1. The molecule has 1 aromatic carbocycles. The van der Waals surface area contributed by atoms with Crippen molar-refractivity contribution in [1.29, 1.82) is 0 Å². The molecule has 1 atom stereocenters. The fourth-order valence-corrected chi connectivity index (χ4v) is 4.78. The van der Waals surface area contributed by atoms with E-state index in [9.17, 15) is 0 Å². The first kappa shape index (κ1) is 12.2. The molecule has 0 aromatic heterocycles. The first-order valence-corrected chi connectivity index (χ1v) is 8.41. The SMILES string of the molecule is C1=CS(=C2CCCCN2)C2=Cc3ccccc3OC2=C1. The molecule has 1 N–H and O–H groups in total. The molecular formula is C17H17NOS. The highest BCUT2D eigenvalue weighted by atomic mass is 32.2. The summed E-state index contributed by atoms with van der Waals surface area (Å²) in [6.07, 6.45) is 10.3. The van der Waals surface area contributed by atoms with Gasteiger partial charge in [0.05, 0.1) is 4.91 Å². The number of para-hydroxylation sites is 1. The third kappa shape index (κ3) is 2.07. The number of hydrogen-bond donors (Lipinski definition) is 1. The number of allylic oxidation sites excluding steroid dienone is 2. The maximum atomic E-state index is 6.06. The van der Waals surface area contributed by atoms with E-state index in [4.69, 9.17) is 4.74 Å². The standard InChI is InChI=1S/C17H17NOS/c1-2-7-14-13(6-1)12-16-15(19-14)8-5-11-20(16)17-9-3-4-10-18-17/h1-2,5-8,11-12,18H,3-4,9-10H2. The van der Waals surface area contributed by atoms with Crippen LogP contribution in [0.25, 0.3) is 6.08 Å². The molecule has 0 bridgehead atoms. The van der Waals surface area contributed by atoms with Crippen LogP contribution in [0.3, 0.4) is 0 Å². The van der Waals surface area contributed by atoms with E-state index in [2.05, 4.69) is 41.1 Å². The fourth-order valence-electron chi connectivity index (χ4n) is 2.77. The van der Waals surface area contributed by atoms with Gasteiger partial charge in [-0.05, 0) is 42.9 Å². The molecule has 1 fully saturated rings. The molecule has 0 saturated carbocycles. The summed E-state index contributed by atoms with van der Waals surface area (Å²) >= 11 is 0.